The Bertz CT molecular complexity index is 1640. The highest BCUT2D eigenvalue weighted by Crippen LogP contribution is 2.27. The van der Waals surface area contributed by atoms with Crippen LogP contribution in [0.25, 0.3) is 22.4 Å². The van der Waals surface area contributed by atoms with Crippen LogP contribution in [-0.2, 0) is 0 Å². The van der Waals surface area contributed by atoms with Gasteiger partial charge in [0.05, 0.1) is 21.6 Å². The van der Waals surface area contributed by atoms with Crippen LogP contribution in [0.15, 0.2) is 54.6 Å². The predicted octanol–water partition coefficient (Wildman–Crippen LogP) is 4.91. The van der Waals surface area contributed by atoms with Gasteiger partial charge in [0.25, 0.3) is 6.01 Å². The van der Waals surface area contributed by atoms with Crippen LogP contribution in [0.5, 0.6) is 17.8 Å². The molecule has 5 rings (SSSR count). The largest absolute Gasteiger partial charge is 0.479 e. The molecule has 0 bridgehead atoms. The van der Waals surface area contributed by atoms with E-state index in [0.29, 0.717) is 38.8 Å². The molecule has 0 saturated carbocycles. The Kier molecular flexibility index (Phi) is 5.57. The van der Waals surface area contributed by atoms with Crippen molar-refractivity contribution in [2.24, 2.45) is 0 Å². The van der Waals surface area contributed by atoms with Crippen molar-refractivity contribution in [3.63, 3.8) is 0 Å². The van der Waals surface area contributed by atoms with Crippen molar-refractivity contribution >= 4 is 28.6 Å². The molecular weight excluding hydrogens is 470 g/mol. The number of benzene rings is 3. The van der Waals surface area contributed by atoms with E-state index >= 15 is 0 Å². The third kappa shape index (κ3) is 4.64. The summed E-state index contributed by atoms with van der Waals surface area (Å²) >= 11 is 6.42. The van der Waals surface area contributed by atoms with E-state index in [0.717, 1.165) is 11.1 Å². The number of carboxylic acids is 1. The first-order valence-electron chi connectivity index (χ1n) is 10.3. The van der Waals surface area contributed by atoms with Gasteiger partial charge in [-0.05, 0) is 61.0 Å². The highest BCUT2D eigenvalue weighted by molar-refractivity contribution is 6.32. The Labute approximate surface area is 203 Å². The van der Waals surface area contributed by atoms with Crippen molar-refractivity contribution in [2.75, 3.05) is 0 Å². The van der Waals surface area contributed by atoms with Crippen molar-refractivity contribution in [2.45, 2.75) is 6.92 Å². The molecule has 2 aromatic heterocycles. The maximum absolute atomic E-state index is 11.4. The SMILES string of the molecule is Cc1ccc(Oc2nc3cc(C#Cc4ccc(-c5nnc(O)[nH]5)cc4)c(Cl)cc3[nH]2)cc1C(=O)O. The number of halogens is 1. The molecule has 0 atom stereocenters. The number of aromatic hydroxyl groups is 1. The van der Waals surface area contributed by atoms with Crippen LogP contribution >= 0.6 is 11.6 Å². The van der Waals surface area contributed by atoms with Crippen LogP contribution in [0.2, 0.25) is 5.02 Å². The number of hydrogen-bond donors (Lipinski definition) is 4. The van der Waals surface area contributed by atoms with Crippen molar-refractivity contribution in [1.29, 1.82) is 0 Å². The summed E-state index contributed by atoms with van der Waals surface area (Å²) in [4.78, 5) is 21.5. The number of ether oxygens (including phenoxy) is 1. The summed E-state index contributed by atoms with van der Waals surface area (Å²) in [5, 5.41) is 26.4. The molecule has 0 fully saturated rings. The summed E-state index contributed by atoms with van der Waals surface area (Å²) in [5.74, 6) is 5.89. The summed E-state index contributed by atoms with van der Waals surface area (Å²) < 4.78 is 5.73. The molecule has 35 heavy (non-hydrogen) atoms. The van der Waals surface area contributed by atoms with Gasteiger partial charge in [0.2, 0.25) is 0 Å². The average Bonchev–Trinajstić information content (AvgIpc) is 3.44. The Morgan fingerprint density at radius 2 is 1.83 bits per heavy atom. The second-order valence-electron chi connectivity index (χ2n) is 7.60. The zero-order valence-corrected chi connectivity index (χ0v) is 18.9. The van der Waals surface area contributed by atoms with Gasteiger partial charge in [-0.25, -0.2) is 4.79 Å². The zero-order valence-electron chi connectivity index (χ0n) is 18.1. The molecule has 2 heterocycles. The highest BCUT2D eigenvalue weighted by atomic mass is 35.5. The Morgan fingerprint density at radius 3 is 2.54 bits per heavy atom. The lowest BCUT2D eigenvalue weighted by Gasteiger charge is -2.05. The van der Waals surface area contributed by atoms with Gasteiger partial charge in [-0.2, -0.15) is 4.98 Å². The molecule has 0 aliphatic heterocycles. The van der Waals surface area contributed by atoms with E-state index in [1.807, 2.05) is 24.3 Å². The molecule has 0 aliphatic rings. The molecule has 0 saturated heterocycles. The topological polar surface area (TPSA) is 137 Å². The summed E-state index contributed by atoms with van der Waals surface area (Å²) in [6.07, 6.45) is 0. The maximum Gasteiger partial charge on any atom is 0.336 e. The molecule has 9 nitrogen and oxygen atoms in total. The first-order valence-corrected chi connectivity index (χ1v) is 10.7. The normalized spacial score (nSPS) is 10.7. The second-order valence-corrected chi connectivity index (χ2v) is 8.01. The van der Waals surface area contributed by atoms with Crippen LogP contribution < -0.4 is 4.74 Å². The number of nitrogens with zero attached hydrogens (tertiary/aromatic N) is 3. The van der Waals surface area contributed by atoms with E-state index in [9.17, 15) is 15.0 Å². The van der Waals surface area contributed by atoms with Gasteiger partial charge in [0.15, 0.2) is 5.82 Å². The second kappa shape index (κ2) is 8.85. The quantitative estimate of drug-likeness (QED) is 0.265. The number of aromatic nitrogens is 5. The third-order valence-corrected chi connectivity index (χ3v) is 5.49. The zero-order chi connectivity index (χ0) is 24.5. The number of aromatic carboxylic acids is 1. The van der Waals surface area contributed by atoms with Crippen LogP contribution in [0, 0.1) is 18.8 Å². The number of aromatic amines is 2. The van der Waals surface area contributed by atoms with Crippen molar-refractivity contribution in [1.82, 2.24) is 25.1 Å². The summed E-state index contributed by atoms with van der Waals surface area (Å²) in [6, 6.07) is 15.5. The molecule has 10 heteroatoms. The molecule has 5 aromatic rings. The van der Waals surface area contributed by atoms with Crippen molar-refractivity contribution < 1.29 is 19.7 Å². The summed E-state index contributed by atoms with van der Waals surface area (Å²) in [7, 11) is 0. The monoisotopic (exact) mass is 485 g/mol. The van der Waals surface area contributed by atoms with Crippen molar-refractivity contribution in [3.8, 4) is 41.0 Å². The number of aryl methyl sites for hydroxylation is 1. The van der Waals surface area contributed by atoms with E-state index in [4.69, 9.17) is 16.3 Å². The molecule has 4 N–H and O–H groups in total. The number of hydrogen-bond acceptors (Lipinski definition) is 6. The minimum absolute atomic E-state index is 0.159. The third-order valence-electron chi connectivity index (χ3n) is 5.18. The molecule has 0 radical (unpaired) electrons. The van der Waals surface area contributed by atoms with Crippen LogP contribution in [0.4, 0.5) is 0 Å². The minimum atomic E-state index is -1.03. The molecular formula is C25H16ClN5O4. The smallest absolute Gasteiger partial charge is 0.336 e. The van der Waals surface area contributed by atoms with Crippen LogP contribution in [0.1, 0.15) is 27.0 Å². The van der Waals surface area contributed by atoms with Gasteiger partial charge in [-0.3, -0.25) is 4.98 Å². The van der Waals surface area contributed by atoms with Gasteiger partial charge in [-0.1, -0.05) is 34.6 Å². The lowest BCUT2D eigenvalue weighted by atomic mass is 10.1. The first kappa shape index (κ1) is 22.0. The fourth-order valence-electron chi connectivity index (χ4n) is 3.39. The number of carbonyl (C=O) groups is 1. The molecule has 0 amide bonds. The number of carboxylic acid groups (broad SMARTS) is 1. The predicted molar refractivity (Wildman–Crippen MR) is 129 cm³/mol. The van der Waals surface area contributed by atoms with Gasteiger partial charge in [-0.15, -0.1) is 5.10 Å². The van der Waals surface area contributed by atoms with E-state index in [-0.39, 0.29) is 17.6 Å². The molecule has 0 unspecified atom stereocenters. The molecule has 0 spiro atoms. The fourth-order valence-corrected chi connectivity index (χ4v) is 3.60. The summed E-state index contributed by atoms with van der Waals surface area (Å²) in [5.41, 5.74) is 4.15. The number of H-pyrrole nitrogens is 2. The number of rotatable bonds is 4. The lowest BCUT2D eigenvalue weighted by Crippen LogP contribution is -2.00. The van der Waals surface area contributed by atoms with Gasteiger partial charge in [0, 0.05) is 16.7 Å². The molecule has 3 aromatic carbocycles. The maximum atomic E-state index is 11.4. The van der Waals surface area contributed by atoms with E-state index in [1.165, 1.54) is 6.07 Å². The number of imidazole rings is 1. The average molecular weight is 486 g/mol. The van der Waals surface area contributed by atoms with Crippen molar-refractivity contribution in [3.05, 3.63) is 81.9 Å². The Morgan fingerprint density at radius 1 is 1.03 bits per heavy atom. The van der Waals surface area contributed by atoms with Crippen LogP contribution in [0.3, 0.4) is 0 Å². The molecule has 0 aliphatic carbocycles. The number of fused-ring (bicyclic) bond motifs is 1. The van der Waals surface area contributed by atoms with E-state index in [1.54, 1.807) is 31.2 Å². The lowest BCUT2D eigenvalue weighted by molar-refractivity contribution is 0.0695. The molecule has 172 valence electrons. The number of nitrogens with one attached hydrogen (secondary N) is 2. The van der Waals surface area contributed by atoms with Gasteiger partial charge >= 0.3 is 12.0 Å². The van der Waals surface area contributed by atoms with E-state index in [2.05, 4.69) is 37.0 Å². The van der Waals surface area contributed by atoms with E-state index < -0.39 is 5.97 Å². The summed E-state index contributed by atoms with van der Waals surface area (Å²) in [6.45, 7) is 1.72. The standard InChI is InChI=1S/C25H16ClN5O4/c1-13-2-9-17(11-18(13)23(32)33)35-25-27-20-10-16(19(26)12-21(20)28-25)8-5-14-3-6-15(7-4-14)22-29-24(34)31-30-22/h2-4,6-7,9-12H,1H3,(H,27,28)(H,32,33)(H2,29,30,31,34). The van der Waals surface area contributed by atoms with Crippen LogP contribution in [-0.4, -0.2) is 41.3 Å². The fraction of sp³-hybridized carbons (Fsp3) is 0.0400. The first-order chi connectivity index (χ1) is 16.9. The minimum Gasteiger partial charge on any atom is -0.479 e. The Balaban J connectivity index is 1.38. The Hall–Kier alpha value is -4.81. The van der Waals surface area contributed by atoms with Gasteiger partial charge in [0.1, 0.15) is 5.75 Å². The highest BCUT2D eigenvalue weighted by Gasteiger charge is 2.12. The van der Waals surface area contributed by atoms with Gasteiger partial charge < -0.3 is 19.9 Å².